The third kappa shape index (κ3) is 3.14. The molecule has 0 atom stereocenters. The molecular weight excluding hydrogens is 282 g/mol. The van der Waals surface area contributed by atoms with Gasteiger partial charge in [-0.25, -0.2) is 13.6 Å². The minimum Gasteiger partial charge on any atom is -0.484 e. The van der Waals surface area contributed by atoms with Gasteiger partial charge in [0.1, 0.15) is 5.75 Å². The Morgan fingerprint density at radius 1 is 1.20 bits per heavy atom. The van der Waals surface area contributed by atoms with Crippen LogP contribution in [0.25, 0.3) is 0 Å². The van der Waals surface area contributed by atoms with Gasteiger partial charge in [-0.1, -0.05) is 0 Å². The van der Waals surface area contributed by atoms with Crippen LogP contribution in [-0.4, -0.2) is 18.6 Å². The second kappa shape index (κ2) is 5.22. The van der Waals surface area contributed by atoms with Crippen molar-refractivity contribution < 1.29 is 17.6 Å². The number of aromatic nitrogens is 2. The number of aryl methyl sites for hydroxylation is 3. The van der Waals surface area contributed by atoms with Gasteiger partial charge >= 0.3 is 0 Å². The van der Waals surface area contributed by atoms with E-state index in [1.54, 1.807) is 32.9 Å². The number of hydrogen-bond acceptors (Lipinski definition) is 6. The maximum absolute atomic E-state index is 11.5. The van der Waals surface area contributed by atoms with Crippen LogP contribution >= 0.6 is 0 Å². The molecule has 0 aliphatic rings. The van der Waals surface area contributed by atoms with Crippen molar-refractivity contribution in [2.75, 3.05) is 0 Å². The van der Waals surface area contributed by atoms with Crippen molar-refractivity contribution in [2.45, 2.75) is 32.3 Å². The smallest absolute Gasteiger partial charge is 0.253 e. The van der Waals surface area contributed by atoms with Crippen LogP contribution in [0.1, 0.15) is 22.9 Å². The number of nitrogens with two attached hydrogens (primary N) is 1. The maximum Gasteiger partial charge on any atom is 0.253 e. The average Bonchev–Trinajstić information content (AvgIpc) is 2.69. The van der Waals surface area contributed by atoms with Crippen molar-refractivity contribution in [3.63, 3.8) is 0 Å². The van der Waals surface area contributed by atoms with E-state index in [9.17, 15) is 8.42 Å². The summed E-state index contributed by atoms with van der Waals surface area (Å²) in [6.07, 6.45) is 0. The number of primary sulfonamides is 1. The molecule has 2 aromatic rings. The Labute approximate surface area is 116 Å². The third-order valence-corrected chi connectivity index (χ3v) is 3.86. The molecule has 7 nitrogen and oxygen atoms in total. The van der Waals surface area contributed by atoms with E-state index in [1.807, 2.05) is 0 Å². The molecule has 0 saturated carbocycles. The van der Waals surface area contributed by atoms with Gasteiger partial charge in [0.05, 0.1) is 4.90 Å². The number of nitrogens with zero attached hydrogens (tertiary/aromatic N) is 2. The van der Waals surface area contributed by atoms with Crippen LogP contribution < -0.4 is 9.88 Å². The predicted molar refractivity (Wildman–Crippen MR) is 70.7 cm³/mol. The largest absolute Gasteiger partial charge is 0.484 e. The van der Waals surface area contributed by atoms with Gasteiger partial charge in [-0.3, -0.25) is 0 Å². The van der Waals surface area contributed by atoms with Crippen molar-refractivity contribution in [3.8, 4) is 5.75 Å². The summed E-state index contributed by atoms with van der Waals surface area (Å²) in [5, 5.41) is 12.7. The topological polar surface area (TPSA) is 108 Å². The van der Waals surface area contributed by atoms with Gasteiger partial charge in [0, 0.05) is 6.92 Å². The van der Waals surface area contributed by atoms with Gasteiger partial charge in [0.15, 0.2) is 6.61 Å². The van der Waals surface area contributed by atoms with Crippen LogP contribution in [0.3, 0.4) is 0 Å². The minimum atomic E-state index is -3.74. The van der Waals surface area contributed by atoms with Crippen molar-refractivity contribution >= 4 is 10.0 Å². The zero-order chi connectivity index (χ0) is 14.9. The number of ether oxygens (including phenoxy) is 1. The highest BCUT2D eigenvalue weighted by Gasteiger charge is 2.16. The Hall–Kier alpha value is -1.93. The Balaban J connectivity index is 2.23. The molecule has 2 rings (SSSR count). The average molecular weight is 297 g/mol. The van der Waals surface area contributed by atoms with E-state index >= 15 is 0 Å². The Kier molecular flexibility index (Phi) is 3.78. The van der Waals surface area contributed by atoms with Crippen LogP contribution in [-0.2, 0) is 16.6 Å². The van der Waals surface area contributed by atoms with Crippen LogP contribution in [0.4, 0.5) is 0 Å². The summed E-state index contributed by atoms with van der Waals surface area (Å²) in [4.78, 5) is 0.124. The molecule has 0 saturated heterocycles. The van der Waals surface area contributed by atoms with E-state index in [0.29, 0.717) is 28.7 Å². The number of benzene rings is 1. The fourth-order valence-electron chi connectivity index (χ4n) is 1.98. The van der Waals surface area contributed by atoms with Gasteiger partial charge in [-0.15, -0.1) is 10.2 Å². The summed E-state index contributed by atoms with van der Waals surface area (Å²) < 4.78 is 33.6. The molecule has 0 amide bonds. The molecule has 8 heteroatoms. The Bertz CT molecular complexity index is 714. The predicted octanol–water partition coefficient (Wildman–Crippen LogP) is 1.22. The Morgan fingerprint density at radius 3 is 2.25 bits per heavy atom. The molecule has 0 radical (unpaired) electrons. The summed E-state index contributed by atoms with van der Waals surface area (Å²) in [7, 11) is -3.74. The molecule has 0 bridgehead atoms. The highest BCUT2D eigenvalue weighted by molar-refractivity contribution is 7.89. The summed E-state index contributed by atoms with van der Waals surface area (Å²) >= 11 is 0. The van der Waals surface area contributed by atoms with Crippen LogP contribution in [0.15, 0.2) is 21.4 Å². The van der Waals surface area contributed by atoms with Crippen molar-refractivity contribution in [3.05, 3.63) is 35.0 Å². The van der Waals surface area contributed by atoms with Crippen LogP contribution in [0.5, 0.6) is 5.75 Å². The molecule has 20 heavy (non-hydrogen) atoms. The minimum absolute atomic E-state index is 0.119. The highest BCUT2D eigenvalue weighted by atomic mass is 32.2. The summed E-state index contributed by atoms with van der Waals surface area (Å²) in [6.45, 7) is 5.13. The first-order valence-corrected chi connectivity index (χ1v) is 7.38. The summed E-state index contributed by atoms with van der Waals surface area (Å²) in [5.74, 6) is 1.33. The highest BCUT2D eigenvalue weighted by Crippen LogP contribution is 2.25. The second-order valence-electron chi connectivity index (χ2n) is 4.43. The first-order valence-electron chi connectivity index (χ1n) is 5.83. The van der Waals surface area contributed by atoms with E-state index in [0.717, 1.165) is 0 Å². The fourth-order valence-corrected chi connectivity index (χ4v) is 3.00. The monoisotopic (exact) mass is 297 g/mol. The molecule has 2 N–H and O–H groups in total. The van der Waals surface area contributed by atoms with Gasteiger partial charge in [-0.2, -0.15) is 0 Å². The van der Waals surface area contributed by atoms with Gasteiger partial charge in [0.25, 0.3) is 5.89 Å². The molecule has 0 aliphatic heterocycles. The first-order chi connectivity index (χ1) is 9.27. The lowest BCUT2D eigenvalue weighted by molar-refractivity contribution is 0.260. The number of hydrogen-bond donors (Lipinski definition) is 1. The third-order valence-electron chi connectivity index (χ3n) is 2.65. The Morgan fingerprint density at radius 2 is 1.80 bits per heavy atom. The fraction of sp³-hybridized carbons (Fsp3) is 0.333. The number of sulfonamides is 1. The SMILES string of the molecule is Cc1nnc(COc2cc(C)c(S(N)(=O)=O)c(C)c2)o1. The van der Waals surface area contributed by atoms with Crippen molar-refractivity contribution in [1.82, 2.24) is 10.2 Å². The zero-order valence-corrected chi connectivity index (χ0v) is 12.2. The quantitative estimate of drug-likeness (QED) is 0.909. The molecule has 108 valence electrons. The van der Waals surface area contributed by atoms with Gasteiger partial charge in [0.2, 0.25) is 15.9 Å². The molecule has 0 fully saturated rings. The van der Waals surface area contributed by atoms with Gasteiger partial charge in [-0.05, 0) is 37.1 Å². The van der Waals surface area contributed by atoms with Crippen molar-refractivity contribution in [2.24, 2.45) is 5.14 Å². The molecule has 0 unspecified atom stereocenters. The molecule has 0 spiro atoms. The lowest BCUT2D eigenvalue weighted by Gasteiger charge is -2.11. The molecule has 1 aromatic carbocycles. The summed E-state index contributed by atoms with van der Waals surface area (Å²) in [5.41, 5.74) is 1.06. The lowest BCUT2D eigenvalue weighted by Crippen LogP contribution is -2.15. The molecular formula is C12H15N3O4S. The molecule has 1 aromatic heterocycles. The molecule has 1 heterocycles. The van der Waals surface area contributed by atoms with Gasteiger partial charge < -0.3 is 9.15 Å². The zero-order valence-electron chi connectivity index (χ0n) is 11.4. The number of rotatable bonds is 4. The first kappa shape index (κ1) is 14.5. The van der Waals surface area contributed by atoms with E-state index in [-0.39, 0.29) is 11.5 Å². The van der Waals surface area contributed by atoms with Crippen molar-refractivity contribution in [1.29, 1.82) is 0 Å². The van der Waals surface area contributed by atoms with Crippen LogP contribution in [0.2, 0.25) is 0 Å². The standard InChI is InChI=1S/C12H15N3O4S/c1-7-4-10(5-8(2)12(7)20(13,16)17)18-6-11-15-14-9(3)19-11/h4-5H,6H2,1-3H3,(H2,13,16,17). The van der Waals surface area contributed by atoms with E-state index < -0.39 is 10.0 Å². The van der Waals surface area contributed by atoms with E-state index in [2.05, 4.69) is 10.2 Å². The van der Waals surface area contributed by atoms with E-state index in [1.165, 1.54) is 0 Å². The second-order valence-corrected chi connectivity index (χ2v) is 5.93. The molecule has 0 aliphatic carbocycles. The normalized spacial score (nSPS) is 11.6. The lowest BCUT2D eigenvalue weighted by atomic mass is 10.1. The van der Waals surface area contributed by atoms with Crippen LogP contribution in [0, 0.1) is 20.8 Å². The maximum atomic E-state index is 11.5. The summed E-state index contributed by atoms with van der Waals surface area (Å²) in [6, 6.07) is 3.21. The van der Waals surface area contributed by atoms with E-state index in [4.69, 9.17) is 14.3 Å².